The summed E-state index contributed by atoms with van der Waals surface area (Å²) in [6, 6.07) is 30.4. The third-order valence-electron chi connectivity index (χ3n) is 5.66. The van der Waals surface area contributed by atoms with Crippen molar-refractivity contribution in [1.29, 1.82) is 0 Å². The zero-order chi connectivity index (χ0) is 20.5. The summed E-state index contributed by atoms with van der Waals surface area (Å²) in [4.78, 5) is 4.98. The number of hydrogen-bond acceptors (Lipinski definition) is 2. The Kier molecular flexibility index (Phi) is 10.2. The molecule has 5 heteroatoms. The van der Waals surface area contributed by atoms with E-state index in [1.165, 1.54) is 48.8 Å². The Morgan fingerprint density at radius 3 is 1.91 bits per heavy atom. The Hall–Kier alpha value is -1.64. The van der Waals surface area contributed by atoms with E-state index in [0.29, 0.717) is 0 Å². The summed E-state index contributed by atoms with van der Waals surface area (Å²) in [6.45, 7) is 4.22. The summed E-state index contributed by atoms with van der Waals surface area (Å²) >= 11 is 1.85. The average Bonchev–Trinajstić information content (AvgIpc) is 3.37. The van der Waals surface area contributed by atoms with E-state index in [2.05, 4.69) is 116 Å². The Bertz CT molecular complexity index is 1200. The fourth-order valence-corrected chi connectivity index (χ4v) is 4.95. The monoisotopic (exact) mass is 565 g/mol. The number of fused-ring (bicyclic) bond motifs is 3. The Morgan fingerprint density at radius 1 is 0.818 bits per heavy atom. The molecule has 33 heavy (non-hydrogen) atoms. The van der Waals surface area contributed by atoms with Crippen molar-refractivity contribution in [3.05, 3.63) is 108 Å². The normalized spacial score (nSPS) is 13.1. The number of anilines is 3. The smallest absolute Gasteiger partial charge is 1.00 e. The van der Waals surface area contributed by atoms with Crippen LogP contribution in [-0.4, -0.2) is 0 Å². The summed E-state index contributed by atoms with van der Waals surface area (Å²) < 4.78 is 0. The maximum atomic E-state index is 3.19. The molecule has 0 amide bonds. The summed E-state index contributed by atoms with van der Waals surface area (Å²) in [6.07, 6.45) is 6.41. The van der Waals surface area contributed by atoms with Crippen molar-refractivity contribution in [3.63, 3.8) is 0 Å². The van der Waals surface area contributed by atoms with Crippen molar-refractivity contribution in [2.45, 2.75) is 30.1 Å². The van der Waals surface area contributed by atoms with E-state index in [-0.39, 0.29) is 51.0 Å². The van der Waals surface area contributed by atoms with Gasteiger partial charge in [0.25, 0.3) is 0 Å². The van der Waals surface area contributed by atoms with Crippen LogP contribution in [0.2, 0.25) is 0 Å². The SMILES string of the molecule is CC1=[C-]CC=C1C.[Cl-].[Cl-].[Zr+4].c1ccc2c(c1)Sc1ccccc1N2c1cc2ccccc2[cH-]1. The van der Waals surface area contributed by atoms with Crippen LogP contribution in [0, 0.1) is 6.08 Å². The third kappa shape index (κ3) is 5.72. The van der Waals surface area contributed by atoms with E-state index in [9.17, 15) is 0 Å². The van der Waals surface area contributed by atoms with Gasteiger partial charge >= 0.3 is 26.2 Å². The molecule has 0 N–H and O–H groups in total. The predicted molar refractivity (Wildman–Crippen MR) is 129 cm³/mol. The second-order valence-electron chi connectivity index (χ2n) is 7.61. The van der Waals surface area contributed by atoms with E-state index in [1.54, 1.807) is 0 Å². The first-order chi connectivity index (χ1) is 14.7. The van der Waals surface area contributed by atoms with Crippen LogP contribution in [0.5, 0.6) is 0 Å². The molecule has 0 fully saturated rings. The van der Waals surface area contributed by atoms with Crippen molar-refractivity contribution in [1.82, 2.24) is 0 Å². The molecule has 0 saturated carbocycles. The summed E-state index contributed by atoms with van der Waals surface area (Å²) in [5.74, 6) is 0. The van der Waals surface area contributed by atoms with Gasteiger partial charge in [-0.25, -0.2) is 11.1 Å². The third-order valence-corrected chi connectivity index (χ3v) is 6.79. The minimum Gasteiger partial charge on any atom is -1.00 e. The molecule has 4 aromatic carbocycles. The van der Waals surface area contributed by atoms with Gasteiger partial charge in [0.2, 0.25) is 0 Å². The van der Waals surface area contributed by atoms with Crippen LogP contribution in [0.4, 0.5) is 17.1 Å². The van der Waals surface area contributed by atoms with Gasteiger partial charge < -0.3 is 29.7 Å². The molecular formula is C28H23Cl2NSZr. The molecular weight excluding hydrogens is 545 g/mol. The van der Waals surface area contributed by atoms with Gasteiger partial charge in [-0.3, -0.25) is 6.08 Å². The Balaban J connectivity index is 0.000000337. The molecule has 1 aliphatic heterocycles. The van der Waals surface area contributed by atoms with Crippen molar-refractivity contribution >= 4 is 39.6 Å². The molecule has 0 saturated heterocycles. The molecule has 1 heterocycles. The quantitative estimate of drug-likeness (QED) is 0.287. The number of para-hydroxylation sites is 2. The summed E-state index contributed by atoms with van der Waals surface area (Å²) in [7, 11) is 0. The molecule has 1 nitrogen and oxygen atoms in total. The van der Waals surface area contributed by atoms with E-state index >= 15 is 0 Å². The molecule has 2 aliphatic rings. The van der Waals surface area contributed by atoms with Gasteiger partial charge in [0.05, 0.1) is 11.4 Å². The zero-order valence-electron chi connectivity index (χ0n) is 18.5. The van der Waals surface area contributed by atoms with Crippen LogP contribution in [0.3, 0.4) is 0 Å². The number of allylic oxidation sites excluding steroid dienone is 4. The second-order valence-corrected chi connectivity index (χ2v) is 8.69. The number of benzene rings is 3. The van der Waals surface area contributed by atoms with Gasteiger partial charge in [0, 0.05) is 9.79 Å². The molecule has 0 atom stereocenters. The minimum absolute atomic E-state index is 0. The molecule has 0 radical (unpaired) electrons. The standard InChI is InChI=1S/C21H14NS.C7H9.2ClH.Zr/c1-2-8-16-14-17(13-15(16)7-1)22-18-9-3-5-11-20(18)23-21-12-6-4-10-19(21)22;1-6-4-3-5-7(6)2;;;/h1-14H;4H,3H2,1-2H3;2*1H;/q2*-1;;;+4/p-2. The van der Waals surface area contributed by atoms with Crippen LogP contribution in [0.1, 0.15) is 20.3 Å². The van der Waals surface area contributed by atoms with Crippen molar-refractivity contribution in [3.8, 4) is 0 Å². The first-order valence-electron chi connectivity index (χ1n) is 10.3. The van der Waals surface area contributed by atoms with Crippen LogP contribution in [-0.2, 0) is 26.2 Å². The maximum absolute atomic E-state index is 3.19. The van der Waals surface area contributed by atoms with Gasteiger partial charge in [0.1, 0.15) is 0 Å². The van der Waals surface area contributed by atoms with Crippen LogP contribution in [0.15, 0.2) is 112 Å². The minimum atomic E-state index is 0. The predicted octanol–water partition coefficient (Wildman–Crippen LogP) is 2.58. The molecule has 0 spiro atoms. The van der Waals surface area contributed by atoms with Gasteiger partial charge in [-0.05, 0) is 30.0 Å². The molecule has 0 aromatic heterocycles. The summed E-state index contributed by atoms with van der Waals surface area (Å²) in [5, 5.41) is 2.58. The molecule has 164 valence electrons. The first-order valence-corrected chi connectivity index (χ1v) is 11.1. The molecule has 1 aliphatic carbocycles. The fraction of sp³-hybridized carbons (Fsp3) is 0.107. The van der Waals surface area contributed by atoms with Crippen LogP contribution in [0.25, 0.3) is 10.8 Å². The molecule has 4 aromatic rings. The number of halogens is 2. The molecule has 0 bridgehead atoms. The Labute approximate surface area is 232 Å². The van der Waals surface area contributed by atoms with E-state index < -0.39 is 0 Å². The fourth-order valence-electron chi connectivity index (χ4n) is 3.90. The van der Waals surface area contributed by atoms with Crippen molar-refractivity contribution in [2.75, 3.05) is 4.90 Å². The first kappa shape index (κ1) is 27.6. The van der Waals surface area contributed by atoms with Gasteiger partial charge in [-0.15, -0.1) is 54.4 Å². The number of nitrogens with zero attached hydrogens (tertiary/aromatic N) is 1. The van der Waals surface area contributed by atoms with Crippen LogP contribution >= 0.6 is 11.8 Å². The van der Waals surface area contributed by atoms with Crippen LogP contribution < -0.4 is 29.7 Å². The van der Waals surface area contributed by atoms with Gasteiger partial charge in [-0.1, -0.05) is 49.0 Å². The zero-order valence-corrected chi connectivity index (χ0v) is 23.3. The second kappa shape index (κ2) is 12.2. The topological polar surface area (TPSA) is 3.24 Å². The number of hydrogen-bond donors (Lipinski definition) is 0. The Morgan fingerprint density at radius 2 is 1.39 bits per heavy atom. The maximum Gasteiger partial charge on any atom is 4.00 e. The van der Waals surface area contributed by atoms with Gasteiger partial charge in [-0.2, -0.15) is 6.08 Å². The van der Waals surface area contributed by atoms with Crippen molar-refractivity contribution in [2.24, 2.45) is 0 Å². The van der Waals surface area contributed by atoms with Gasteiger partial charge in [0.15, 0.2) is 0 Å². The summed E-state index contributed by atoms with van der Waals surface area (Å²) in [5.41, 5.74) is 6.45. The molecule has 0 unspecified atom stereocenters. The number of rotatable bonds is 1. The largest absolute Gasteiger partial charge is 4.00 e. The van der Waals surface area contributed by atoms with E-state index in [0.717, 1.165) is 6.42 Å². The average molecular weight is 568 g/mol. The van der Waals surface area contributed by atoms with E-state index in [1.807, 2.05) is 11.8 Å². The van der Waals surface area contributed by atoms with E-state index in [4.69, 9.17) is 0 Å². The molecule has 6 rings (SSSR count). The van der Waals surface area contributed by atoms with Crippen molar-refractivity contribution < 1.29 is 51.0 Å².